The molecule has 0 radical (unpaired) electrons. The maximum absolute atomic E-state index is 11.8. The van der Waals surface area contributed by atoms with Gasteiger partial charge in [0, 0.05) is 7.05 Å². The molecule has 3 rings (SSSR count). The zero-order chi connectivity index (χ0) is 15.5. The van der Waals surface area contributed by atoms with Gasteiger partial charge in [0.25, 0.3) is 5.56 Å². The number of carbonyl (C=O) groups excluding carboxylic acids is 1. The van der Waals surface area contributed by atoms with E-state index in [1.807, 2.05) is 30.3 Å². The van der Waals surface area contributed by atoms with Crippen LogP contribution in [-0.2, 0) is 18.4 Å². The Hall–Kier alpha value is -3.16. The van der Waals surface area contributed by atoms with Crippen LogP contribution in [0.15, 0.2) is 41.5 Å². The maximum Gasteiger partial charge on any atom is 0.414 e. The van der Waals surface area contributed by atoms with E-state index in [9.17, 15) is 9.59 Å². The van der Waals surface area contributed by atoms with Crippen molar-refractivity contribution in [2.75, 3.05) is 5.32 Å². The van der Waals surface area contributed by atoms with Gasteiger partial charge in [-0.05, 0) is 5.56 Å². The van der Waals surface area contributed by atoms with E-state index < -0.39 is 11.7 Å². The number of benzene rings is 1. The number of carbonyl (C=O) groups is 1. The maximum atomic E-state index is 11.8. The topological polar surface area (TPSA) is 102 Å². The van der Waals surface area contributed by atoms with Gasteiger partial charge in [0.1, 0.15) is 6.61 Å². The monoisotopic (exact) mass is 299 g/mol. The van der Waals surface area contributed by atoms with Crippen molar-refractivity contribution in [2.24, 2.45) is 7.05 Å². The van der Waals surface area contributed by atoms with E-state index in [0.717, 1.165) is 5.56 Å². The first-order valence-corrected chi connectivity index (χ1v) is 6.52. The van der Waals surface area contributed by atoms with Gasteiger partial charge in [0.2, 0.25) is 5.95 Å². The molecule has 0 saturated heterocycles. The first kappa shape index (κ1) is 13.8. The number of aromatic amines is 1. The van der Waals surface area contributed by atoms with Crippen LogP contribution in [0.3, 0.4) is 0 Å². The van der Waals surface area contributed by atoms with E-state index in [2.05, 4.69) is 20.3 Å². The van der Waals surface area contributed by atoms with Gasteiger partial charge in [0.15, 0.2) is 11.2 Å². The number of nitrogens with zero attached hydrogens (tertiary/aromatic N) is 3. The van der Waals surface area contributed by atoms with Crippen LogP contribution in [0.4, 0.5) is 10.7 Å². The molecule has 0 saturated carbocycles. The van der Waals surface area contributed by atoms with Gasteiger partial charge < -0.3 is 9.30 Å². The van der Waals surface area contributed by atoms with E-state index in [4.69, 9.17) is 4.74 Å². The second kappa shape index (κ2) is 5.68. The fourth-order valence-electron chi connectivity index (χ4n) is 1.93. The summed E-state index contributed by atoms with van der Waals surface area (Å²) in [6.45, 7) is 0.130. The number of anilines is 1. The summed E-state index contributed by atoms with van der Waals surface area (Å²) in [4.78, 5) is 34.0. The Morgan fingerprint density at radius 1 is 1.36 bits per heavy atom. The molecule has 8 nitrogen and oxygen atoms in total. The number of hydrogen-bond acceptors (Lipinski definition) is 5. The Kier molecular flexibility index (Phi) is 3.57. The van der Waals surface area contributed by atoms with Crippen LogP contribution in [0.2, 0.25) is 0 Å². The Morgan fingerprint density at radius 2 is 2.14 bits per heavy atom. The van der Waals surface area contributed by atoms with Crippen molar-refractivity contribution >= 4 is 23.2 Å². The molecule has 0 aliphatic rings. The van der Waals surface area contributed by atoms with Crippen LogP contribution in [0, 0.1) is 0 Å². The number of hydrogen-bond donors (Lipinski definition) is 2. The van der Waals surface area contributed by atoms with Crippen LogP contribution in [0.25, 0.3) is 11.2 Å². The van der Waals surface area contributed by atoms with Crippen LogP contribution in [0.5, 0.6) is 0 Å². The first-order valence-electron chi connectivity index (χ1n) is 6.52. The number of aryl methyl sites for hydroxylation is 1. The molecule has 0 spiro atoms. The smallest absolute Gasteiger partial charge is 0.414 e. The van der Waals surface area contributed by atoms with E-state index in [-0.39, 0.29) is 18.1 Å². The molecule has 0 atom stereocenters. The lowest BCUT2D eigenvalue weighted by Crippen LogP contribution is -2.19. The first-order chi connectivity index (χ1) is 10.6. The van der Waals surface area contributed by atoms with E-state index in [1.165, 1.54) is 6.33 Å². The largest absolute Gasteiger partial charge is 0.444 e. The number of amides is 1. The molecular weight excluding hydrogens is 286 g/mol. The predicted molar refractivity (Wildman–Crippen MR) is 79.4 cm³/mol. The molecule has 2 N–H and O–H groups in total. The van der Waals surface area contributed by atoms with Crippen LogP contribution in [0.1, 0.15) is 5.56 Å². The number of rotatable bonds is 3. The highest BCUT2D eigenvalue weighted by atomic mass is 16.5. The standard InChI is InChI=1S/C14H13N5O3/c1-19-8-15-10-11(19)16-13(17-12(10)20)18-14(21)22-7-9-5-3-2-4-6-9/h2-6,8H,7H2,1H3,(H2,16,17,18,20,21). The van der Waals surface area contributed by atoms with Gasteiger partial charge in [-0.3, -0.25) is 15.1 Å². The molecule has 3 aromatic rings. The second-order valence-electron chi connectivity index (χ2n) is 4.63. The minimum Gasteiger partial charge on any atom is -0.444 e. The van der Waals surface area contributed by atoms with Gasteiger partial charge in [-0.25, -0.2) is 9.78 Å². The molecule has 112 valence electrons. The van der Waals surface area contributed by atoms with E-state index in [0.29, 0.717) is 5.65 Å². The molecule has 22 heavy (non-hydrogen) atoms. The highest BCUT2D eigenvalue weighted by Gasteiger charge is 2.11. The quantitative estimate of drug-likeness (QED) is 0.761. The molecule has 1 amide bonds. The summed E-state index contributed by atoms with van der Waals surface area (Å²) in [7, 11) is 1.71. The van der Waals surface area contributed by atoms with Crippen molar-refractivity contribution in [3.63, 3.8) is 0 Å². The second-order valence-corrected chi connectivity index (χ2v) is 4.63. The molecule has 2 heterocycles. The van der Waals surface area contributed by atoms with Crippen molar-refractivity contribution < 1.29 is 9.53 Å². The molecule has 0 fully saturated rings. The summed E-state index contributed by atoms with van der Waals surface area (Å²) in [5, 5.41) is 2.39. The number of H-pyrrole nitrogens is 1. The third-order valence-electron chi connectivity index (χ3n) is 3.00. The zero-order valence-electron chi connectivity index (χ0n) is 11.7. The van der Waals surface area contributed by atoms with Crippen molar-refractivity contribution in [2.45, 2.75) is 6.61 Å². The summed E-state index contributed by atoms with van der Waals surface area (Å²) in [5.41, 5.74) is 1.03. The van der Waals surface area contributed by atoms with Gasteiger partial charge in [-0.2, -0.15) is 4.98 Å². The molecule has 2 aromatic heterocycles. The van der Waals surface area contributed by atoms with Gasteiger partial charge in [-0.15, -0.1) is 0 Å². The van der Waals surface area contributed by atoms with Crippen molar-refractivity contribution in [1.82, 2.24) is 19.5 Å². The fraction of sp³-hybridized carbons (Fsp3) is 0.143. The third kappa shape index (κ3) is 2.80. The van der Waals surface area contributed by atoms with E-state index >= 15 is 0 Å². The average Bonchev–Trinajstić information content (AvgIpc) is 2.88. The molecule has 1 aromatic carbocycles. The summed E-state index contributed by atoms with van der Waals surface area (Å²) >= 11 is 0. The fourth-order valence-corrected chi connectivity index (χ4v) is 1.93. The zero-order valence-corrected chi connectivity index (χ0v) is 11.7. The Labute approximate surface area is 124 Å². The number of fused-ring (bicyclic) bond motifs is 1. The van der Waals surface area contributed by atoms with Crippen molar-refractivity contribution in [1.29, 1.82) is 0 Å². The molecule has 0 aliphatic heterocycles. The Balaban J connectivity index is 1.71. The predicted octanol–water partition coefficient (Wildman–Crippen LogP) is 1.41. The number of ether oxygens (including phenoxy) is 1. The highest BCUT2D eigenvalue weighted by molar-refractivity contribution is 5.83. The van der Waals surface area contributed by atoms with Crippen LogP contribution in [-0.4, -0.2) is 25.6 Å². The van der Waals surface area contributed by atoms with Crippen molar-refractivity contribution in [3.8, 4) is 0 Å². The summed E-state index contributed by atoms with van der Waals surface area (Å²) in [6, 6.07) is 9.27. The summed E-state index contributed by atoms with van der Waals surface area (Å²) in [6.07, 6.45) is 0.776. The lowest BCUT2D eigenvalue weighted by atomic mass is 10.2. The molecule has 0 unspecified atom stereocenters. The lowest BCUT2D eigenvalue weighted by molar-refractivity contribution is 0.155. The molecule has 0 aliphatic carbocycles. The highest BCUT2D eigenvalue weighted by Crippen LogP contribution is 2.07. The summed E-state index contributed by atoms with van der Waals surface area (Å²) < 4.78 is 6.65. The molecular formula is C14H13N5O3. The van der Waals surface area contributed by atoms with E-state index in [1.54, 1.807) is 11.6 Å². The normalized spacial score (nSPS) is 10.6. The van der Waals surface area contributed by atoms with Gasteiger partial charge in [-0.1, -0.05) is 30.3 Å². The van der Waals surface area contributed by atoms with Crippen LogP contribution < -0.4 is 10.9 Å². The lowest BCUT2D eigenvalue weighted by Gasteiger charge is -2.06. The average molecular weight is 299 g/mol. The van der Waals surface area contributed by atoms with Gasteiger partial charge >= 0.3 is 6.09 Å². The number of nitrogens with one attached hydrogen (secondary N) is 2. The minimum absolute atomic E-state index is 0.0131. The van der Waals surface area contributed by atoms with Crippen molar-refractivity contribution in [3.05, 3.63) is 52.6 Å². The Morgan fingerprint density at radius 3 is 2.91 bits per heavy atom. The SMILES string of the molecule is Cn1cnc2c(=O)[nH]c(NC(=O)OCc3ccccc3)nc21. The van der Waals surface area contributed by atoms with Crippen LogP contribution >= 0.6 is 0 Å². The Bertz CT molecular complexity index is 869. The molecule has 8 heteroatoms. The minimum atomic E-state index is -0.700. The van der Waals surface area contributed by atoms with Gasteiger partial charge in [0.05, 0.1) is 6.33 Å². The third-order valence-corrected chi connectivity index (χ3v) is 3.00. The number of imidazole rings is 1. The molecule has 0 bridgehead atoms. The number of aromatic nitrogens is 4. The summed E-state index contributed by atoms with van der Waals surface area (Å²) in [5.74, 6) is 0.0131.